The Labute approximate surface area is 189 Å². The van der Waals surface area contributed by atoms with E-state index < -0.39 is 0 Å². The predicted molar refractivity (Wildman–Crippen MR) is 123 cm³/mol. The van der Waals surface area contributed by atoms with Crippen LogP contribution < -0.4 is 10.1 Å². The van der Waals surface area contributed by atoms with E-state index in [1.54, 1.807) is 11.6 Å². The number of amides is 1. The zero-order chi connectivity index (χ0) is 22.5. The van der Waals surface area contributed by atoms with E-state index in [-0.39, 0.29) is 11.9 Å². The molecule has 4 rings (SSSR count). The highest BCUT2D eigenvalue weighted by molar-refractivity contribution is 5.76. The van der Waals surface area contributed by atoms with Gasteiger partial charge in [0, 0.05) is 24.4 Å². The van der Waals surface area contributed by atoms with Crippen molar-refractivity contribution in [3.8, 4) is 5.75 Å². The SMILES string of the molecule is COc1ccc([C@H](CNC(=O)CCc2c(C)nc3ncnn3c2C)N2CCCCC2)cc1. The molecule has 1 N–H and O–H groups in total. The van der Waals surface area contributed by atoms with Crippen molar-refractivity contribution >= 4 is 11.7 Å². The van der Waals surface area contributed by atoms with Crippen LogP contribution in [0.25, 0.3) is 5.78 Å². The summed E-state index contributed by atoms with van der Waals surface area (Å²) in [5.74, 6) is 1.49. The number of aryl methyl sites for hydroxylation is 2. The first kappa shape index (κ1) is 22.2. The predicted octanol–water partition coefficient (Wildman–Crippen LogP) is 3.03. The number of nitrogens with zero attached hydrogens (tertiary/aromatic N) is 5. The van der Waals surface area contributed by atoms with Gasteiger partial charge in [0.25, 0.3) is 5.78 Å². The third-order valence-corrected chi connectivity index (χ3v) is 6.42. The lowest BCUT2D eigenvalue weighted by molar-refractivity contribution is -0.121. The van der Waals surface area contributed by atoms with Gasteiger partial charge in [-0.25, -0.2) is 9.50 Å². The van der Waals surface area contributed by atoms with E-state index in [0.29, 0.717) is 25.2 Å². The van der Waals surface area contributed by atoms with Crippen molar-refractivity contribution in [2.45, 2.75) is 52.0 Å². The molecule has 0 unspecified atom stereocenters. The first-order valence-corrected chi connectivity index (χ1v) is 11.4. The van der Waals surface area contributed by atoms with Crippen LogP contribution in [-0.4, -0.2) is 57.1 Å². The van der Waals surface area contributed by atoms with Gasteiger partial charge in [-0.2, -0.15) is 10.1 Å². The van der Waals surface area contributed by atoms with Crippen molar-refractivity contribution in [3.05, 3.63) is 53.1 Å². The van der Waals surface area contributed by atoms with Crippen molar-refractivity contribution in [2.75, 3.05) is 26.7 Å². The number of ether oxygens (including phenoxy) is 1. The summed E-state index contributed by atoms with van der Waals surface area (Å²) in [6, 6.07) is 8.37. The second-order valence-electron chi connectivity index (χ2n) is 8.42. The molecule has 8 heteroatoms. The Balaban J connectivity index is 1.40. The fourth-order valence-corrected chi connectivity index (χ4v) is 4.57. The molecule has 1 saturated heterocycles. The lowest BCUT2D eigenvalue weighted by Gasteiger charge is -2.35. The molecule has 1 amide bonds. The van der Waals surface area contributed by atoms with E-state index >= 15 is 0 Å². The average molecular weight is 437 g/mol. The number of benzene rings is 1. The Bertz CT molecular complexity index is 1060. The van der Waals surface area contributed by atoms with Crippen LogP contribution in [0.1, 0.15) is 54.2 Å². The first-order chi connectivity index (χ1) is 15.6. The van der Waals surface area contributed by atoms with Gasteiger partial charge in [-0.1, -0.05) is 18.6 Å². The maximum Gasteiger partial charge on any atom is 0.252 e. The number of aromatic nitrogens is 4. The molecule has 170 valence electrons. The Morgan fingerprint density at radius 2 is 1.91 bits per heavy atom. The van der Waals surface area contributed by atoms with Gasteiger partial charge in [0.05, 0.1) is 13.2 Å². The molecule has 1 aliphatic heterocycles. The summed E-state index contributed by atoms with van der Waals surface area (Å²) < 4.78 is 7.04. The number of hydrogen-bond acceptors (Lipinski definition) is 6. The summed E-state index contributed by atoms with van der Waals surface area (Å²) in [5, 5.41) is 7.41. The van der Waals surface area contributed by atoms with Crippen molar-refractivity contribution in [1.82, 2.24) is 29.8 Å². The van der Waals surface area contributed by atoms with Crippen LogP contribution >= 0.6 is 0 Å². The second kappa shape index (κ2) is 10.1. The lowest BCUT2D eigenvalue weighted by Crippen LogP contribution is -2.40. The maximum absolute atomic E-state index is 12.8. The molecule has 3 aromatic rings. The van der Waals surface area contributed by atoms with E-state index in [1.165, 1.54) is 31.2 Å². The highest BCUT2D eigenvalue weighted by Gasteiger charge is 2.23. The molecule has 0 radical (unpaired) electrons. The van der Waals surface area contributed by atoms with Crippen LogP contribution in [-0.2, 0) is 11.2 Å². The Morgan fingerprint density at radius 1 is 1.16 bits per heavy atom. The van der Waals surface area contributed by atoms with Crippen molar-refractivity contribution < 1.29 is 9.53 Å². The first-order valence-electron chi connectivity index (χ1n) is 11.4. The summed E-state index contributed by atoms with van der Waals surface area (Å²) in [4.78, 5) is 23.9. The third kappa shape index (κ3) is 4.91. The van der Waals surface area contributed by atoms with E-state index in [1.807, 2.05) is 26.0 Å². The van der Waals surface area contributed by atoms with E-state index in [2.05, 4.69) is 37.4 Å². The third-order valence-electron chi connectivity index (χ3n) is 6.42. The van der Waals surface area contributed by atoms with Crippen molar-refractivity contribution in [3.63, 3.8) is 0 Å². The van der Waals surface area contributed by atoms with Crippen LogP contribution in [0.5, 0.6) is 5.75 Å². The highest BCUT2D eigenvalue weighted by Crippen LogP contribution is 2.26. The molecule has 0 saturated carbocycles. The minimum Gasteiger partial charge on any atom is -0.497 e. The minimum atomic E-state index is 0.0537. The molecular formula is C24H32N6O2. The van der Waals surface area contributed by atoms with Gasteiger partial charge in [0.2, 0.25) is 5.91 Å². The number of carbonyl (C=O) groups excluding carboxylic acids is 1. The molecular weight excluding hydrogens is 404 g/mol. The monoisotopic (exact) mass is 436 g/mol. The molecule has 8 nitrogen and oxygen atoms in total. The fraction of sp³-hybridized carbons (Fsp3) is 0.500. The fourth-order valence-electron chi connectivity index (χ4n) is 4.57. The van der Waals surface area contributed by atoms with Crippen molar-refractivity contribution in [2.24, 2.45) is 0 Å². The molecule has 0 bridgehead atoms. The number of piperidine rings is 1. The number of rotatable bonds is 8. The molecule has 32 heavy (non-hydrogen) atoms. The number of methoxy groups -OCH3 is 1. The second-order valence-corrected chi connectivity index (χ2v) is 8.42. The van der Waals surface area contributed by atoms with Gasteiger partial charge in [-0.15, -0.1) is 0 Å². The molecule has 0 aliphatic carbocycles. The summed E-state index contributed by atoms with van der Waals surface area (Å²) >= 11 is 0. The molecule has 3 heterocycles. The van der Waals surface area contributed by atoms with Gasteiger partial charge < -0.3 is 10.1 Å². The van der Waals surface area contributed by atoms with Crippen LogP contribution in [0.15, 0.2) is 30.6 Å². The number of fused-ring (bicyclic) bond motifs is 1. The largest absolute Gasteiger partial charge is 0.497 e. The zero-order valence-corrected chi connectivity index (χ0v) is 19.2. The van der Waals surface area contributed by atoms with Gasteiger partial charge in [0.1, 0.15) is 12.1 Å². The number of hydrogen-bond donors (Lipinski definition) is 1. The van der Waals surface area contributed by atoms with Crippen LogP contribution in [0.4, 0.5) is 0 Å². The van der Waals surface area contributed by atoms with Gasteiger partial charge in [-0.05, 0) is 69.5 Å². The minimum absolute atomic E-state index is 0.0537. The summed E-state index contributed by atoms with van der Waals surface area (Å²) in [7, 11) is 1.68. The lowest BCUT2D eigenvalue weighted by atomic mass is 10.0. The quantitative estimate of drug-likeness (QED) is 0.584. The van der Waals surface area contributed by atoms with Crippen LogP contribution in [0, 0.1) is 13.8 Å². The maximum atomic E-state index is 12.8. The molecule has 1 aliphatic rings. The van der Waals surface area contributed by atoms with Crippen molar-refractivity contribution in [1.29, 1.82) is 0 Å². The standard InChI is InChI=1S/C24H32N6O2/c1-17-21(18(2)30-24(28-17)26-16-27-30)11-12-23(31)25-15-22(29-13-5-4-6-14-29)19-7-9-20(32-3)10-8-19/h7-10,16,22H,4-6,11-15H2,1-3H3,(H,25,31)/t22-/m0/s1. The van der Waals surface area contributed by atoms with Crippen LogP contribution in [0.2, 0.25) is 0 Å². The van der Waals surface area contributed by atoms with Gasteiger partial charge in [0.15, 0.2) is 0 Å². The highest BCUT2D eigenvalue weighted by atomic mass is 16.5. The molecule has 0 spiro atoms. The van der Waals surface area contributed by atoms with Crippen LogP contribution in [0.3, 0.4) is 0 Å². The topological polar surface area (TPSA) is 84.6 Å². The number of carbonyl (C=O) groups is 1. The summed E-state index contributed by atoms with van der Waals surface area (Å²) in [6.45, 7) is 6.69. The van der Waals surface area contributed by atoms with E-state index in [4.69, 9.17) is 4.74 Å². The average Bonchev–Trinajstić information content (AvgIpc) is 3.29. The van der Waals surface area contributed by atoms with E-state index in [9.17, 15) is 4.79 Å². The smallest absolute Gasteiger partial charge is 0.252 e. The molecule has 1 fully saturated rings. The molecule has 1 atom stereocenters. The van der Waals surface area contributed by atoms with Gasteiger partial charge in [-0.3, -0.25) is 9.69 Å². The Kier molecular flexibility index (Phi) is 6.99. The molecule has 2 aromatic heterocycles. The summed E-state index contributed by atoms with van der Waals surface area (Å²) in [5.41, 5.74) is 4.16. The van der Waals surface area contributed by atoms with Gasteiger partial charge >= 0.3 is 0 Å². The Hall–Kier alpha value is -3.00. The summed E-state index contributed by atoms with van der Waals surface area (Å²) in [6.07, 6.45) is 6.24. The number of likely N-dealkylation sites (tertiary alicyclic amines) is 1. The van der Waals surface area contributed by atoms with E-state index in [0.717, 1.165) is 35.8 Å². The molecule has 1 aromatic carbocycles. The number of nitrogens with one attached hydrogen (secondary N) is 1. The zero-order valence-electron chi connectivity index (χ0n) is 19.2. The Morgan fingerprint density at radius 3 is 2.62 bits per heavy atom. The normalized spacial score (nSPS) is 15.6.